The highest BCUT2D eigenvalue weighted by molar-refractivity contribution is 6.74. The Bertz CT molecular complexity index is 498. The number of hydrogen-bond donors (Lipinski definition) is 0. The molecular formula is C21H38O4Si. The van der Waals surface area contributed by atoms with E-state index in [4.69, 9.17) is 18.6 Å². The molecule has 1 atom stereocenters. The molecule has 0 saturated heterocycles. The van der Waals surface area contributed by atoms with Crippen LogP contribution in [0.3, 0.4) is 0 Å². The van der Waals surface area contributed by atoms with Gasteiger partial charge >= 0.3 is 0 Å². The summed E-state index contributed by atoms with van der Waals surface area (Å²) in [4.78, 5) is 0. The van der Waals surface area contributed by atoms with Gasteiger partial charge in [0.05, 0.1) is 18.8 Å². The third-order valence-corrected chi connectivity index (χ3v) is 9.65. The first kappa shape index (κ1) is 23.3. The van der Waals surface area contributed by atoms with Crippen molar-refractivity contribution in [2.45, 2.75) is 70.9 Å². The van der Waals surface area contributed by atoms with Crippen molar-refractivity contribution in [3.05, 3.63) is 35.9 Å². The van der Waals surface area contributed by atoms with Crippen LogP contribution in [0.1, 0.15) is 46.1 Å². The normalized spacial score (nSPS) is 15.0. The van der Waals surface area contributed by atoms with E-state index in [0.717, 1.165) is 12.8 Å². The second-order valence-corrected chi connectivity index (χ2v) is 13.5. The molecule has 4 nitrogen and oxygen atoms in total. The Balaban J connectivity index is 2.45. The van der Waals surface area contributed by atoms with E-state index in [1.807, 2.05) is 18.2 Å². The fourth-order valence-corrected chi connectivity index (χ4v) is 3.35. The van der Waals surface area contributed by atoms with Crippen LogP contribution < -0.4 is 0 Å². The Hall–Kier alpha value is -0.723. The van der Waals surface area contributed by atoms with E-state index in [9.17, 15) is 0 Å². The van der Waals surface area contributed by atoms with Crippen molar-refractivity contribution in [1.82, 2.24) is 0 Å². The minimum atomic E-state index is -1.80. The molecule has 0 N–H and O–H groups in total. The predicted octanol–water partition coefficient (Wildman–Crippen LogP) is 5.38. The van der Waals surface area contributed by atoms with E-state index in [2.05, 4.69) is 52.9 Å². The zero-order chi connectivity index (χ0) is 19.7. The summed E-state index contributed by atoms with van der Waals surface area (Å²) in [5.74, 6) is 0. The van der Waals surface area contributed by atoms with E-state index in [1.54, 1.807) is 7.11 Å². The third kappa shape index (κ3) is 8.31. The molecule has 0 spiro atoms. The molecule has 0 aliphatic carbocycles. The molecule has 0 aromatic heterocycles. The van der Waals surface area contributed by atoms with Gasteiger partial charge in [0.15, 0.2) is 8.32 Å². The lowest BCUT2D eigenvalue weighted by atomic mass is 10.0. The van der Waals surface area contributed by atoms with Gasteiger partial charge in [-0.2, -0.15) is 0 Å². The average molecular weight is 383 g/mol. The van der Waals surface area contributed by atoms with Gasteiger partial charge in [-0.15, -0.1) is 0 Å². The number of rotatable bonds is 12. The van der Waals surface area contributed by atoms with Gasteiger partial charge in [-0.3, -0.25) is 0 Å². The molecule has 5 heteroatoms. The summed E-state index contributed by atoms with van der Waals surface area (Å²) in [6.45, 7) is 15.6. The zero-order valence-electron chi connectivity index (χ0n) is 17.8. The van der Waals surface area contributed by atoms with Crippen LogP contribution in [0.5, 0.6) is 0 Å². The van der Waals surface area contributed by atoms with Crippen molar-refractivity contribution in [1.29, 1.82) is 0 Å². The van der Waals surface area contributed by atoms with Crippen LogP contribution in [0, 0.1) is 0 Å². The van der Waals surface area contributed by atoms with Crippen molar-refractivity contribution in [2.75, 3.05) is 27.1 Å². The molecule has 0 aliphatic heterocycles. The van der Waals surface area contributed by atoms with E-state index in [1.165, 1.54) is 5.56 Å². The first-order valence-corrected chi connectivity index (χ1v) is 12.4. The van der Waals surface area contributed by atoms with E-state index < -0.39 is 8.32 Å². The molecule has 1 aromatic rings. The van der Waals surface area contributed by atoms with Crippen molar-refractivity contribution >= 4 is 8.32 Å². The minimum absolute atomic E-state index is 0.188. The number of hydrogen-bond acceptors (Lipinski definition) is 4. The van der Waals surface area contributed by atoms with Crippen molar-refractivity contribution in [3.63, 3.8) is 0 Å². The Labute approximate surface area is 161 Å². The molecule has 0 fully saturated rings. The van der Waals surface area contributed by atoms with E-state index in [0.29, 0.717) is 19.8 Å². The Morgan fingerprint density at radius 1 is 1.00 bits per heavy atom. The first-order chi connectivity index (χ1) is 12.1. The van der Waals surface area contributed by atoms with Gasteiger partial charge in [0, 0.05) is 13.7 Å². The van der Waals surface area contributed by atoms with Gasteiger partial charge in [0.1, 0.15) is 6.79 Å². The van der Waals surface area contributed by atoms with Crippen molar-refractivity contribution < 1.29 is 18.6 Å². The van der Waals surface area contributed by atoms with Crippen LogP contribution >= 0.6 is 0 Å². The van der Waals surface area contributed by atoms with Crippen LogP contribution in [0.25, 0.3) is 0 Å². The topological polar surface area (TPSA) is 36.9 Å². The zero-order valence-corrected chi connectivity index (χ0v) is 18.8. The summed E-state index contributed by atoms with van der Waals surface area (Å²) in [6.07, 6.45) is 1.80. The van der Waals surface area contributed by atoms with Crippen LogP contribution in [-0.2, 0) is 25.2 Å². The second-order valence-electron chi connectivity index (χ2n) is 8.69. The maximum Gasteiger partial charge on any atom is 0.192 e. The van der Waals surface area contributed by atoms with Gasteiger partial charge in [-0.05, 0) is 43.5 Å². The van der Waals surface area contributed by atoms with Crippen LogP contribution in [0.2, 0.25) is 18.1 Å². The molecule has 0 unspecified atom stereocenters. The lowest BCUT2D eigenvalue weighted by molar-refractivity contribution is -0.143. The molecule has 0 amide bonds. The SMILES string of the molecule is COCO[C@](C)(CCCOCc1ccccc1)CO[Si](C)(C)C(C)(C)C. The molecule has 0 radical (unpaired) electrons. The van der Waals surface area contributed by atoms with Gasteiger partial charge in [0.2, 0.25) is 0 Å². The fraction of sp³-hybridized carbons (Fsp3) is 0.714. The highest BCUT2D eigenvalue weighted by Crippen LogP contribution is 2.37. The Kier molecular flexibility index (Phi) is 9.48. The standard InChI is InChI=1S/C21H38O4Si/c1-20(2,3)26(6,7)25-17-21(4,24-18-22-5)14-11-15-23-16-19-12-9-8-10-13-19/h8-10,12-13H,11,14-18H2,1-7H3/t21-/m1/s1. The molecule has 1 aromatic carbocycles. The fourth-order valence-electron chi connectivity index (χ4n) is 2.25. The summed E-state index contributed by atoms with van der Waals surface area (Å²) < 4.78 is 23.3. The quantitative estimate of drug-likeness (QED) is 0.276. The Morgan fingerprint density at radius 3 is 2.23 bits per heavy atom. The molecule has 0 saturated carbocycles. The molecule has 150 valence electrons. The molecule has 26 heavy (non-hydrogen) atoms. The largest absolute Gasteiger partial charge is 0.414 e. The predicted molar refractivity (Wildman–Crippen MR) is 110 cm³/mol. The number of ether oxygens (including phenoxy) is 3. The summed E-state index contributed by atoms with van der Waals surface area (Å²) >= 11 is 0. The molecule has 0 aliphatic rings. The highest BCUT2D eigenvalue weighted by atomic mass is 28.4. The maximum absolute atomic E-state index is 6.40. The third-order valence-electron chi connectivity index (χ3n) is 5.18. The summed E-state index contributed by atoms with van der Waals surface area (Å²) in [7, 11) is -0.154. The average Bonchev–Trinajstić information content (AvgIpc) is 2.58. The van der Waals surface area contributed by atoms with Crippen LogP contribution in [0.15, 0.2) is 30.3 Å². The second kappa shape index (κ2) is 10.6. The van der Waals surface area contributed by atoms with Crippen LogP contribution in [-0.4, -0.2) is 41.0 Å². The van der Waals surface area contributed by atoms with Crippen LogP contribution in [0.4, 0.5) is 0 Å². The molecule has 1 rings (SSSR count). The monoisotopic (exact) mass is 382 g/mol. The first-order valence-electron chi connectivity index (χ1n) is 9.48. The molecule has 0 heterocycles. The van der Waals surface area contributed by atoms with Gasteiger partial charge in [-0.1, -0.05) is 51.1 Å². The van der Waals surface area contributed by atoms with Gasteiger partial charge in [0.25, 0.3) is 0 Å². The van der Waals surface area contributed by atoms with Gasteiger partial charge < -0.3 is 18.6 Å². The van der Waals surface area contributed by atoms with Crippen molar-refractivity contribution in [2.24, 2.45) is 0 Å². The molecule has 0 bridgehead atoms. The lowest BCUT2D eigenvalue weighted by Crippen LogP contribution is -2.46. The van der Waals surface area contributed by atoms with E-state index in [-0.39, 0.29) is 17.4 Å². The van der Waals surface area contributed by atoms with E-state index >= 15 is 0 Å². The minimum Gasteiger partial charge on any atom is -0.414 e. The Morgan fingerprint density at radius 2 is 1.65 bits per heavy atom. The number of methoxy groups -OCH3 is 1. The van der Waals surface area contributed by atoms with Crippen molar-refractivity contribution in [3.8, 4) is 0 Å². The number of benzene rings is 1. The summed E-state index contributed by atoms with van der Waals surface area (Å²) in [5.41, 5.74) is 0.842. The lowest BCUT2D eigenvalue weighted by Gasteiger charge is -2.40. The summed E-state index contributed by atoms with van der Waals surface area (Å²) in [6, 6.07) is 10.3. The van der Waals surface area contributed by atoms with Gasteiger partial charge in [-0.25, -0.2) is 0 Å². The summed E-state index contributed by atoms with van der Waals surface area (Å²) in [5, 5.41) is 0.188. The highest BCUT2D eigenvalue weighted by Gasteiger charge is 2.39. The maximum atomic E-state index is 6.40. The molecular weight excluding hydrogens is 344 g/mol. The smallest absolute Gasteiger partial charge is 0.192 e.